The minimum atomic E-state index is -0.135. The number of carbonyl (C=O) groups excluding carboxylic acids is 1. The Morgan fingerprint density at radius 2 is 2.20 bits per heavy atom. The van der Waals surface area contributed by atoms with Crippen LogP contribution in [0.2, 0.25) is 0 Å². The first-order valence-corrected chi connectivity index (χ1v) is 5.70. The van der Waals surface area contributed by atoms with Crippen molar-refractivity contribution in [2.24, 2.45) is 5.92 Å². The zero-order valence-electron chi connectivity index (χ0n) is 9.42. The minimum absolute atomic E-state index is 0.135. The number of ether oxygens (including phenoxy) is 1. The van der Waals surface area contributed by atoms with Crippen LogP contribution in [0, 0.1) is 24.2 Å². The highest BCUT2D eigenvalue weighted by Crippen LogP contribution is 2.21. The number of hydrogen-bond acceptors (Lipinski definition) is 2. The van der Waals surface area contributed by atoms with Crippen molar-refractivity contribution in [3.8, 4) is 11.8 Å². The molecule has 1 rings (SSSR count). The van der Waals surface area contributed by atoms with E-state index in [-0.39, 0.29) is 5.97 Å². The average Bonchev–Trinajstić information content (AvgIpc) is 2.29. The molecule has 0 amide bonds. The van der Waals surface area contributed by atoms with Crippen LogP contribution in [0.1, 0.15) is 44.9 Å². The van der Waals surface area contributed by atoms with Crippen LogP contribution in [-0.4, -0.2) is 13.1 Å². The van der Waals surface area contributed by atoms with E-state index in [1.807, 2.05) is 0 Å². The molecule has 1 radical (unpaired) electrons. The lowest BCUT2D eigenvalue weighted by atomic mass is 9.90. The Morgan fingerprint density at radius 3 is 2.87 bits per heavy atom. The second-order valence-corrected chi connectivity index (χ2v) is 3.89. The largest absolute Gasteiger partial charge is 0.469 e. The second-order valence-electron chi connectivity index (χ2n) is 3.89. The summed E-state index contributed by atoms with van der Waals surface area (Å²) in [5.74, 6) is 6.91. The van der Waals surface area contributed by atoms with Crippen molar-refractivity contribution in [3.05, 3.63) is 6.42 Å². The molecular weight excluding hydrogens is 188 g/mol. The number of unbranched alkanes of at least 4 members (excludes halogenated alkanes) is 1. The summed E-state index contributed by atoms with van der Waals surface area (Å²) in [6, 6.07) is 0. The lowest BCUT2D eigenvalue weighted by molar-refractivity contribution is -0.140. The summed E-state index contributed by atoms with van der Waals surface area (Å²) < 4.78 is 4.56. The summed E-state index contributed by atoms with van der Waals surface area (Å²) in [5.41, 5.74) is 0. The van der Waals surface area contributed by atoms with Gasteiger partial charge in [-0.15, -0.1) is 5.92 Å². The van der Waals surface area contributed by atoms with E-state index in [1.54, 1.807) is 0 Å². The quantitative estimate of drug-likeness (QED) is 0.404. The zero-order valence-corrected chi connectivity index (χ0v) is 9.42. The van der Waals surface area contributed by atoms with Gasteiger partial charge in [0.15, 0.2) is 0 Å². The number of carbonyl (C=O) groups is 1. The average molecular weight is 207 g/mol. The highest BCUT2D eigenvalue weighted by atomic mass is 16.5. The molecule has 0 spiro atoms. The van der Waals surface area contributed by atoms with E-state index in [9.17, 15) is 4.79 Å². The maximum atomic E-state index is 10.8. The van der Waals surface area contributed by atoms with Gasteiger partial charge < -0.3 is 4.74 Å². The van der Waals surface area contributed by atoms with Crippen molar-refractivity contribution in [2.75, 3.05) is 7.11 Å². The van der Waals surface area contributed by atoms with E-state index < -0.39 is 0 Å². The van der Waals surface area contributed by atoms with Crippen LogP contribution in [-0.2, 0) is 9.53 Å². The summed E-state index contributed by atoms with van der Waals surface area (Å²) in [6.45, 7) is 0. The van der Waals surface area contributed by atoms with Crippen LogP contribution in [0.5, 0.6) is 0 Å². The minimum Gasteiger partial charge on any atom is -0.469 e. The van der Waals surface area contributed by atoms with Crippen molar-refractivity contribution >= 4 is 5.97 Å². The molecule has 0 N–H and O–H groups in total. The molecule has 0 saturated heterocycles. The molecule has 15 heavy (non-hydrogen) atoms. The van der Waals surface area contributed by atoms with E-state index >= 15 is 0 Å². The maximum Gasteiger partial charge on any atom is 0.305 e. The van der Waals surface area contributed by atoms with Gasteiger partial charge in [-0.3, -0.25) is 4.79 Å². The van der Waals surface area contributed by atoms with Crippen LogP contribution in [0.15, 0.2) is 0 Å². The van der Waals surface area contributed by atoms with Crippen molar-refractivity contribution < 1.29 is 9.53 Å². The molecule has 83 valence electrons. The fourth-order valence-electron chi connectivity index (χ4n) is 1.71. The molecule has 1 saturated carbocycles. The Kier molecular flexibility index (Phi) is 5.92. The Hall–Kier alpha value is -0.970. The maximum absolute atomic E-state index is 10.8. The SMILES string of the molecule is COC(=O)CCCC#CC1CC[CH]CC1. The molecule has 0 atom stereocenters. The summed E-state index contributed by atoms with van der Waals surface area (Å²) >= 11 is 0. The highest BCUT2D eigenvalue weighted by Gasteiger charge is 2.09. The van der Waals surface area contributed by atoms with Gasteiger partial charge >= 0.3 is 5.97 Å². The van der Waals surface area contributed by atoms with E-state index in [0.717, 1.165) is 12.8 Å². The fourth-order valence-corrected chi connectivity index (χ4v) is 1.71. The van der Waals surface area contributed by atoms with Gasteiger partial charge in [-0.05, 0) is 38.5 Å². The first-order valence-electron chi connectivity index (χ1n) is 5.70. The first-order chi connectivity index (χ1) is 7.33. The lowest BCUT2D eigenvalue weighted by Crippen LogP contribution is -2.03. The van der Waals surface area contributed by atoms with Gasteiger partial charge in [-0.2, -0.15) is 0 Å². The third-order valence-corrected chi connectivity index (χ3v) is 2.66. The van der Waals surface area contributed by atoms with Crippen molar-refractivity contribution in [3.63, 3.8) is 0 Å². The molecule has 1 aliphatic rings. The van der Waals surface area contributed by atoms with Crippen LogP contribution in [0.4, 0.5) is 0 Å². The normalized spacial score (nSPS) is 16.6. The van der Waals surface area contributed by atoms with Crippen molar-refractivity contribution in [1.29, 1.82) is 0 Å². The predicted octanol–water partition coefficient (Wildman–Crippen LogP) is 2.73. The van der Waals surface area contributed by atoms with Gasteiger partial charge in [-0.1, -0.05) is 5.92 Å². The lowest BCUT2D eigenvalue weighted by Gasteiger charge is -2.15. The van der Waals surface area contributed by atoms with E-state index in [1.165, 1.54) is 32.8 Å². The van der Waals surface area contributed by atoms with Gasteiger partial charge in [0, 0.05) is 18.8 Å². The Bertz CT molecular complexity index is 241. The number of rotatable bonds is 3. The molecule has 0 unspecified atom stereocenters. The van der Waals surface area contributed by atoms with Crippen LogP contribution in [0.25, 0.3) is 0 Å². The van der Waals surface area contributed by atoms with Gasteiger partial charge in [0.05, 0.1) is 7.11 Å². The highest BCUT2D eigenvalue weighted by molar-refractivity contribution is 5.69. The Balaban J connectivity index is 2.07. The fraction of sp³-hybridized carbons (Fsp3) is 0.692. The number of hydrogen-bond donors (Lipinski definition) is 0. The molecule has 0 heterocycles. The van der Waals surface area contributed by atoms with Crippen molar-refractivity contribution in [2.45, 2.75) is 44.9 Å². The van der Waals surface area contributed by atoms with Crippen LogP contribution >= 0.6 is 0 Å². The third kappa shape index (κ3) is 5.47. The van der Waals surface area contributed by atoms with Gasteiger partial charge in [0.25, 0.3) is 0 Å². The summed E-state index contributed by atoms with van der Waals surface area (Å²) in [4.78, 5) is 10.8. The van der Waals surface area contributed by atoms with E-state index in [2.05, 4.69) is 23.0 Å². The van der Waals surface area contributed by atoms with Crippen LogP contribution in [0.3, 0.4) is 0 Å². The predicted molar refractivity (Wildman–Crippen MR) is 59.9 cm³/mol. The van der Waals surface area contributed by atoms with Gasteiger partial charge in [-0.25, -0.2) is 0 Å². The van der Waals surface area contributed by atoms with Gasteiger partial charge in [0.2, 0.25) is 0 Å². The van der Waals surface area contributed by atoms with Crippen molar-refractivity contribution in [1.82, 2.24) is 0 Å². The topological polar surface area (TPSA) is 26.3 Å². The Labute approximate surface area is 92.4 Å². The third-order valence-electron chi connectivity index (χ3n) is 2.66. The number of esters is 1. The zero-order chi connectivity index (χ0) is 10.9. The number of methoxy groups -OCH3 is 1. The summed E-state index contributed by atoms with van der Waals surface area (Å²) in [6.07, 6.45) is 9.31. The van der Waals surface area contributed by atoms with Crippen LogP contribution < -0.4 is 0 Å². The molecule has 0 aliphatic heterocycles. The molecule has 0 aromatic heterocycles. The molecule has 2 nitrogen and oxygen atoms in total. The summed E-state index contributed by atoms with van der Waals surface area (Å²) in [5, 5.41) is 0. The molecule has 1 aliphatic carbocycles. The second kappa shape index (κ2) is 7.34. The first kappa shape index (κ1) is 12.1. The molecule has 0 bridgehead atoms. The van der Waals surface area contributed by atoms with E-state index in [0.29, 0.717) is 12.3 Å². The molecule has 0 aromatic rings. The molecule has 1 fully saturated rings. The summed E-state index contributed by atoms with van der Waals surface area (Å²) in [7, 11) is 1.42. The smallest absolute Gasteiger partial charge is 0.305 e. The van der Waals surface area contributed by atoms with Gasteiger partial charge in [0.1, 0.15) is 0 Å². The molecular formula is C13H19O2. The monoisotopic (exact) mass is 207 g/mol. The molecule has 2 heteroatoms. The van der Waals surface area contributed by atoms with E-state index in [4.69, 9.17) is 0 Å². The molecule has 0 aromatic carbocycles. The Morgan fingerprint density at radius 1 is 1.47 bits per heavy atom. The standard InChI is InChI=1S/C13H19O2/c1-15-13(14)11-7-3-6-10-12-8-4-2-5-9-12/h2,12H,3-5,7-9,11H2,1H3.